The predicted molar refractivity (Wildman–Crippen MR) is 128 cm³/mol. The molecule has 0 bridgehead atoms. The lowest BCUT2D eigenvalue weighted by Crippen LogP contribution is -2.31. The second-order valence-electron chi connectivity index (χ2n) is 12.9. The lowest BCUT2D eigenvalue weighted by Gasteiger charge is -2.35. The summed E-state index contributed by atoms with van der Waals surface area (Å²) in [5, 5.41) is 0. The van der Waals surface area contributed by atoms with Gasteiger partial charge in [0.1, 0.15) is 28.0 Å². The van der Waals surface area contributed by atoms with Crippen LogP contribution in [-0.4, -0.2) is 28.0 Å². The van der Waals surface area contributed by atoms with Crippen LogP contribution in [0.2, 0.25) is 0 Å². The van der Waals surface area contributed by atoms with Crippen LogP contribution in [0.25, 0.3) is 0 Å². The maximum Gasteiger partial charge on any atom is 0.212 e. The highest BCUT2D eigenvalue weighted by molar-refractivity contribution is 5.66. The van der Waals surface area contributed by atoms with Crippen molar-refractivity contribution in [2.45, 2.75) is 132 Å². The highest BCUT2D eigenvalue weighted by atomic mass is 16.6. The minimum Gasteiger partial charge on any atom is -0.484 e. The van der Waals surface area contributed by atoms with Gasteiger partial charge in [0.2, 0.25) is 17.2 Å². The van der Waals surface area contributed by atoms with Crippen molar-refractivity contribution in [1.29, 1.82) is 0 Å². The van der Waals surface area contributed by atoms with Crippen LogP contribution in [-0.2, 0) is 0 Å². The van der Waals surface area contributed by atoms with Gasteiger partial charge in [0, 0.05) is 6.07 Å². The van der Waals surface area contributed by atoms with Gasteiger partial charge in [-0.3, -0.25) is 0 Å². The molecular weight excluding hydrogens is 392 g/mol. The molecule has 5 heteroatoms. The first-order chi connectivity index (χ1) is 13.5. The molecule has 0 N–H and O–H groups in total. The highest BCUT2D eigenvalue weighted by Crippen LogP contribution is 2.54. The van der Waals surface area contributed by atoms with Crippen LogP contribution >= 0.6 is 0 Å². The van der Waals surface area contributed by atoms with Gasteiger partial charge in [-0.2, -0.15) is 0 Å². The van der Waals surface area contributed by atoms with Crippen LogP contribution in [0.3, 0.4) is 0 Å². The topological polar surface area (TPSA) is 46.2 Å². The van der Waals surface area contributed by atoms with Gasteiger partial charge in [0.25, 0.3) is 0 Å². The molecule has 1 aromatic rings. The van der Waals surface area contributed by atoms with Gasteiger partial charge in [-0.1, -0.05) is 0 Å². The van der Waals surface area contributed by atoms with E-state index in [0.717, 1.165) is 0 Å². The number of benzene rings is 1. The summed E-state index contributed by atoms with van der Waals surface area (Å²) in [6.07, 6.45) is 0. The number of hydrogen-bond donors (Lipinski definition) is 0. The fraction of sp³-hybridized carbons (Fsp3) is 0.769. The van der Waals surface area contributed by atoms with Crippen LogP contribution in [0.5, 0.6) is 28.7 Å². The summed E-state index contributed by atoms with van der Waals surface area (Å²) in [6, 6.07) is 1.86. The summed E-state index contributed by atoms with van der Waals surface area (Å²) < 4.78 is 31.9. The van der Waals surface area contributed by atoms with Crippen LogP contribution in [0.4, 0.5) is 0 Å². The van der Waals surface area contributed by atoms with Crippen molar-refractivity contribution in [3.8, 4) is 28.7 Å². The molecule has 0 fully saturated rings. The zero-order valence-electron chi connectivity index (χ0n) is 22.6. The molecule has 180 valence electrons. The second kappa shape index (κ2) is 8.63. The van der Waals surface area contributed by atoms with E-state index in [1.807, 2.05) is 110 Å². The molecule has 1 aromatic carbocycles. The van der Waals surface area contributed by atoms with E-state index < -0.39 is 28.0 Å². The van der Waals surface area contributed by atoms with Crippen molar-refractivity contribution < 1.29 is 23.7 Å². The van der Waals surface area contributed by atoms with Crippen LogP contribution in [0.1, 0.15) is 104 Å². The first-order valence-electron chi connectivity index (χ1n) is 11.1. The van der Waals surface area contributed by atoms with Crippen LogP contribution in [0, 0.1) is 0 Å². The van der Waals surface area contributed by atoms with E-state index in [2.05, 4.69) is 0 Å². The number of hydrogen-bond acceptors (Lipinski definition) is 5. The molecule has 1 rings (SSSR count). The molecule has 0 aliphatic carbocycles. The third kappa shape index (κ3) is 10.4. The molecule has 0 spiro atoms. The van der Waals surface area contributed by atoms with Gasteiger partial charge in [0.05, 0.1) is 0 Å². The van der Waals surface area contributed by atoms with E-state index in [1.54, 1.807) is 0 Å². The smallest absolute Gasteiger partial charge is 0.212 e. The Morgan fingerprint density at radius 1 is 0.355 bits per heavy atom. The summed E-state index contributed by atoms with van der Waals surface area (Å²) in [5.74, 6) is 2.62. The Hall–Kier alpha value is -1.78. The van der Waals surface area contributed by atoms with Crippen molar-refractivity contribution in [2.75, 3.05) is 0 Å². The molecule has 0 aromatic heterocycles. The van der Waals surface area contributed by atoms with Gasteiger partial charge in [-0.05, 0) is 104 Å². The fourth-order valence-electron chi connectivity index (χ4n) is 2.59. The molecule has 0 aliphatic heterocycles. The van der Waals surface area contributed by atoms with E-state index in [9.17, 15) is 0 Å². The Balaban J connectivity index is 4.01. The van der Waals surface area contributed by atoms with Gasteiger partial charge in [0.15, 0.2) is 11.5 Å². The standard InChI is InChI=1S/C26H46O5/c1-22(2,3)27-17-16-18(28-23(4,5)6)20(30-25(10,11)12)21(31-26(13,14)15)19(17)29-24(7,8)9/h16H,1-15H3. The van der Waals surface area contributed by atoms with E-state index in [0.29, 0.717) is 28.7 Å². The zero-order valence-corrected chi connectivity index (χ0v) is 22.6. The molecule has 31 heavy (non-hydrogen) atoms. The Labute approximate surface area is 190 Å². The van der Waals surface area contributed by atoms with Crippen molar-refractivity contribution in [1.82, 2.24) is 0 Å². The zero-order chi connectivity index (χ0) is 24.6. The molecule has 0 radical (unpaired) electrons. The lowest BCUT2D eigenvalue weighted by molar-refractivity contribution is 0.0574. The molecule has 0 saturated carbocycles. The fourth-order valence-corrected chi connectivity index (χ4v) is 2.59. The number of ether oxygens (including phenoxy) is 5. The van der Waals surface area contributed by atoms with Crippen molar-refractivity contribution in [3.05, 3.63) is 6.07 Å². The third-order valence-electron chi connectivity index (χ3n) is 3.18. The monoisotopic (exact) mass is 438 g/mol. The minimum atomic E-state index is -0.495. The predicted octanol–water partition coefficient (Wildman–Crippen LogP) is 7.57. The maximum atomic E-state index is 6.46. The SMILES string of the molecule is CC(C)(C)Oc1cc(OC(C)(C)C)c(OC(C)(C)C)c(OC(C)(C)C)c1OC(C)(C)C. The van der Waals surface area contributed by atoms with Crippen molar-refractivity contribution in [2.24, 2.45) is 0 Å². The largest absolute Gasteiger partial charge is 0.484 e. The molecule has 0 atom stereocenters. The van der Waals surface area contributed by atoms with Crippen LogP contribution in [0.15, 0.2) is 6.07 Å². The molecule has 0 aliphatic rings. The molecular formula is C26H46O5. The Morgan fingerprint density at radius 2 is 0.581 bits per heavy atom. The normalized spacial score (nSPS) is 13.6. The van der Waals surface area contributed by atoms with Crippen molar-refractivity contribution in [3.63, 3.8) is 0 Å². The van der Waals surface area contributed by atoms with Gasteiger partial charge in [-0.25, -0.2) is 0 Å². The Kier molecular flexibility index (Phi) is 7.59. The molecule has 5 nitrogen and oxygen atoms in total. The Bertz CT molecular complexity index is 691. The van der Waals surface area contributed by atoms with Gasteiger partial charge in [-0.15, -0.1) is 0 Å². The summed E-state index contributed by atoms with van der Waals surface area (Å²) in [4.78, 5) is 0. The first kappa shape index (κ1) is 27.3. The van der Waals surface area contributed by atoms with E-state index >= 15 is 0 Å². The molecule has 0 heterocycles. The number of rotatable bonds is 5. The second-order valence-corrected chi connectivity index (χ2v) is 12.9. The lowest BCUT2D eigenvalue weighted by atomic mass is 10.1. The van der Waals surface area contributed by atoms with Crippen molar-refractivity contribution >= 4 is 0 Å². The summed E-state index contributed by atoms with van der Waals surface area (Å²) >= 11 is 0. The summed E-state index contributed by atoms with van der Waals surface area (Å²) in [7, 11) is 0. The third-order valence-corrected chi connectivity index (χ3v) is 3.18. The van der Waals surface area contributed by atoms with E-state index in [4.69, 9.17) is 23.7 Å². The first-order valence-corrected chi connectivity index (χ1v) is 11.1. The van der Waals surface area contributed by atoms with E-state index in [1.165, 1.54) is 0 Å². The summed E-state index contributed by atoms with van der Waals surface area (Å²) in [5.41, 5.74) is -2.33. The molecule has 0 amide bonds. The quantitative estimate of drug-likeness (QED) is 0.474. The minimum absolute atomic E-state index is 0.444. The molecule has 0 unspecified atom stereocenters. The maximum absolute atomic E-state index is 6.46. The Morgan fingerprint density at radius 3 is 0.806 bits per heavy atom. The highest BCUT2D eigenvalue weighted by Gasteiger charge is 2.34. The summed E-state index contributed by atoms with van der Waals surface area (Å²) in [6.45, 7) is 30.0. The average Bonchev–Trinajstić information content (AvgIpc) is 2.39. The van der Waals surface area contributed by atoms with E-state index in [-0.39, 0.29) is 0 Å². The van der Waals surface area contributed by atoms with Crippen LogP contribution < -0.4 is 23.7 Å². The van der Waals surface area contributed by atoms with Gasteiger partial charge < -0.3 is 23.7 Å². The van der Waals surface area contributed by atoms with Gasteiger partial charge >= 0.3 is 0 Å². The molecule has 0 saturated heterocycles. The average molecular weight is 439 g/mol.